The zero-order valence-corrected chi connectivity index (χ0v) is 8.37. The number of aliphatic hydroxyl groups excluding tert-OH is 1. The van der Waals surface area contributed by atoms with Gasteiger partial charge in [0.2, 0.25) is 0 Å². The first-order valence-corrected chi connectivity index (χ1v) is 4.13. The Labute approximate surface area is 77.6 Å². The Balaban J connectivity index is 4.53. The largest absolute Gasteiger partial charge is 0.479 e. The molecule has 4 nitrogen and oxygen atoms in total. The highest BCUT2D eigenvalue weighted by Gasteiger charge is 2.34. The van der Waals surface area contributed by atoms with Crippen LogP contribution < -0.4 is 0 Å². The molecule has 0 saturated heterocycles. The molecule has 0 aliphatic heterocycles. The normalized spacial score (nSPS) is 16.4. The van der Waals surface area contributed by atoms with E-state index in [9.17, 15) is 9.59 Å². The maximum Gasteiger partial charge on any atom is 0.333 e. The third-order valence-electron chi connectivity index (χ3n) is 1.88. The summed E-state index contributed by atoms with van der Waals surface area (Å²) in [7, 11) is 0. The van der Waals surface area contributed by atoms with Gasteiger partial charge in [0.1, 0.15) is 5.78 Å². The average Bonchev–Trinajstić information content (AvgIpc) is 1.98. The minimum Gasteiger partial charge on any atom is -0.479 e. The van der Waals surface area contributed by atoms with E-state index in [0.717, 1.165) is 0 Å². The van der Waals surface area contributed by atoms with Gasteiger partial charge in [-0.15, -0.1) is 0 Å². The summed E-state index contributed by atoms with van der Waals surface area (Å²) in [6.45, 7) is 6.51. The van der Waals surface area contributed by atoms with E-state index in [0.29, 0.717) is 0 Å². The molecular formula is C9H16O4. The topological polar surface area (TPSA) is 74.6 Å². The molecule has 0 saturated carbocycles. The van der Waals surface area contributed by atoms with Gasteiger partial charge in [0.05, 0.1) is 5.92 Å². The van der Waals surface area contributed by atoms with Crippen molar-refractivity contribution in [1.29, 1.82) is 0 Å². The van der Waals surface area contributed by atoms with Crippen molar-refractivity contribution in [2.45, 2.75) is 33.8 Å². The predicted molar refractivity (Wildman–Crippen MR) is 47.3 cm³/mol. The zero-order chi connectivity index (χ0) is 10.8. The van der Waals surface area contributed by atoms with Gasteiger partial charge in [-0.2, -0.15) is 0 Å². The smallest absolute Gasteiger partial charge is 0.333 e. The summed E-state index contributed by atoms with van der Waals surface area (Å²) in [4.78, 5) is 21.9. The Morgan fingerprint density at radius 2 is 1.62 bits per heavy atom. The number of ketones is 1. The Bertz CT molecular complexity index is 214. The van der Waals surface area contributed by atoms with Gasteiger partial charge in [0.15, 0.2) is 6.10 Å². The summed E-state index contributed by atoms with van der Waals surface area (Å²) in [6.07, 6.45) is -1.60. The van der Waals surface area contributed by atoms with Crippen molar-refractivity contribution in [2.75, 3.05) is 0 Å². The second-order valence-electron chi connectivity index (χ2n) is 4.19. The van der Waals surface area contributed by atoms with Crippen LogP contribution in [0.4, 0.5) is 0 Å². The molecule has 4 heteroatoms. The van der Waals surface area contributed by atoms with Crippen molar-refractivity contribution in [3.05, 3.63) is 0 Å². The zero-order valence-electron chi connectivity index (χ0n) is 8.37. The van der Waals surface area contributed by atoms with Crippen LogP contribution in [0.25, 0.3) is 0 Å². The standard InChI is InChI=1S/C9H16O4/c1-5(6(10)8(12)13)7(11)9(2,3)4/h5-6,10H,1-4H3,(H,12,13). The molecule has 0 heterocycles. The molecule has 0 amide bonds. The number of carboxylic acids is 1. The molecule has 13 heavy (non-hydrogen) atoms. The van der Waals surface area contributed by atoms with Crippen molar-refractivity contribution in [3.63, 3.8) is 0 Å². The first kappa shape index (κ1) is 12.1. The predicted octanol–water partition coefficient (Wildman–Crippen LogP) is 0.683. The van der Waals surface area contributed by atoms with Crippen LogP contribution in [0, 0.1) is 11.3 Å². The third kappa shape index (κ3) is 3.14. The summed E-state index contributed by atoms with van der Waals surface area (Å²) >= 11 is 0. The lowest BCUT2D eigenvalue weighted by Gasteiger charge is -2.23. The molecule has 2 atom stereocenters. The lowest BCUT2D eigenvalue weighted by molar-refractivity contribution is -0.154. The number of hydrogen-bond acceptors (Lipinski definition) is 3. The van der Waals surface area contributed by atoms with Gasteiger partial charge < -0.3 is 10.2 Å². The molecule has 0 aliphatic carbocycles. The SMILES string of the molecule is CC(C(=O)C(C)(C)C)C(O)C(=O)O. The highest BCUT2D eigenvalue weighted by atomic mass is 16.4. The number of carbonyl (C=O) groups is 2. The van der Waals surface area contributed by atoms with Crippen molar-refractivity contribution >= 4 is 11.8 Å². The molecule has 76 valence electrons. The van der Waals surface area contributed by atoms with E-state index in [1.165, 1.54) is 6.92 Å². The number of hydrogen-bond donors (Lipinski definition) is 2. The van der Waals surface area contributed by atoms with E-state index in [1.807, 2.05) is 0 Å². The van der Waals surface area contributed by atoms with Crippen molar-refractivity contribution in [2.24, 2.45) is 11.3 Å². The Morgan fingerprint density at radius 3 is 1.85 bits per heavy atom. The van der Waals surface area contributed by atoms with Gasteiger partial charge in [-0.05, 0) is 0 Å². The first-order valence-electron chi connectivity index (χ1n) is 4.13. The van der Waals surface area contributed by atoms with Crippen molar-refractivity contribution in [3.8, 4) is 0 Å². The maximum absolute atomic E-state index is 11.5. The molecule has 0 bridgehead atoms. The van der Waals surface area contributed by atoms with Crippen LogP contribution in [0.3, 0.4) is 0 Å². The summed E-state index contributed by atoms with van der Waals surface area (Å²) < 4.78 is 0. The first-order chi connectivity index (χ1) is 5.68. The lowest BCUT2D eigenvalue weighted by Crippen LogP contribution is -2.38. The van der Waals surface area contributed by atoms with Crippen LogP contribution in [0.15, 0.2) is 0 Å². The number of carbonyl (C=O) groups excluding carboxylic acids is 1. The van der Waals surface area contributed by atoms with E-state index in [4.69, 9.17) is 10.2 Å². The fraction of sp³-hybridized carbons (Fsp3) is 0.778. The number of carboxylic acid groups (broad SMARTS) is 1. The van der Waals surface area contributed by atoms with Gasteiger partial charge >= 0.3 is 5.97 Å². The molecule has 2 unspecified atom stereocenters. The number of aliphatic hydroxyl groups is 1. The second kappa shape index (κ2) is 3.87. The van der Waals surface area contributed by atoms with E-state index < -0.39 is 23.4 Å². The van der Waals surface area contributed by atoms with E-state index in [-0.39, 0.29) is 5.78 Å². The molecule has 2 N–H and O–H groups in total. The quantitative estimate of drug-likeness (QED) is 0.683. The molecular weight excluding hydrogens is 172 g/mol. The molecule has 0 aromatic carbocycles. The van der Waals surface area contributed by atoms with Gasteiger partial charge in [-0.1, -0.05) is 27.7 Å². The van der Waals surface area contributed by atoms with Crippen molar-refractivity contribution in [1.82, 2.24) is 0 Å². The van der Waals surface area contributed by atoms with Gasteiger partial charge in [0.25, 0.3) is 0 Å². The number of rotatable bonds is 3. The molecule has 0 radical (unpaired) electrons. The molecule has 0 fully saturated rings. The second-order valence-corrected chi connectivity index (χ2v) is 4.19. The summed E-state index contributed by atoms with van der Waals surface area (Å²) in [6, 6.07) is 0. The molecule has 0 rings (SSSR count). The van der Waals surface area contributed by atoms with E-state index >= 15 is 0 Å². The minimum atomic E-state index is -1.60. The van der Waals surface area contributed by atoms with Crippen LogP contribution in [0.2, 0.25) is 0 Å². The summed E-state index contributed by atoms with van der Waals surface area (Å²) in [5, 5.41) is 17.6. The third-order valence-corrected chi connectivity index (χ3v) is 1.88. The summed E-state index contributed by atoms with van der Waals surface area (Å²) in [5.41, 5.74) is -0.615. The Kier molecular flexibility index (Phi) is 3.60. The lowest BCUT2D eigenvalue weighted by atomic mass is 9.81. The molecule has 0 aromatic heterocycles. The van der Waals surface area contributed by atoms with Crippen LogP contribution in [-0.4, -0.2) is 28.1 Å². The number of Topliss-reactive ketones (excluding diaryl/α,β-unsaturated/α-hetero) is 1. The average molecular weight is 188 g/mol. The van der Waals surface area contributed by atoms with Crippen molar-refractivity contribution < 1.29 is 19.8 Å². The van der Waals surface area contributed by atoms with Gasteiger partial charge in [-0.3, -0.25) is 4.79 Å². The maximum atomic E-state index is 11.5. The molecule has 0 aromatic rings. The van der Waals surface area contributed by atoms with Crippen LogP contribution in [0.5, 0.6) is 0 Å². The molecule has 0 spiro atoms. The highest BCUT2D eigenvalue weighted by molar-refractivity contribution is 5.90. The Morgan fingerprint density at radius 1 is 1.23 bits per heavy atom. The minimum absolute atomic E-state index is 0.248. The van der Waals surface area contributed by atoms with E-state index in [1.54, 1.807) is 20.8 Å². The Hall–Kier alpha value is -0.900. The fourth-order valence-corrected chi connectivity index (χ4v) is 1.04. The van der Waals surface area contributed by atoms with Crippen LogP contribution >= 0.6 is 0 Å². The highest BCUT2D eigenvalue weighted by Crippen LogP contribution is 2.22. The van der Waals surface area contributed by atoms with Crippen LogP contribution in [-0.2, 0) is 9.59 Å². The fourth-order valence-electron chi connectivity index (χ4n) is 1.04. The summed E-state index contributed by atoms with van der Waals surface area (Å²) in [5.74, 6) is -2.47. The van der Waals surface area contributed by atoms with E-state index in [2.05, 4.69) is 0 Å². The monoisotopic (exact) mass is 188 g/mol. The van der Waals surface area contributed by atoms with Gasteiger partial charge in [0, 0.05) is 5.41 Å². The molecule has 0 aliphatic rings. The number of aliphatic carboxylic acids is 1. The van der Waals surface area contributed by atoms with Gasteiger partial charge in [-0.25, -0.2) is 4.79 Å². The van der Waals surface area contributed by atoms with Crippen LogP contribution in [0.1, 0.15) is 27.7 Å².